The Kier molecular flexibility index (Phi) is 6.11. The predicted molar refractivity (Wildman–Crippen MR) is 93.6 cm³/mol. The third kappa shape index (κ3) is 4.69. The average molecular weight is 359 g/mol. The predicted octanol–water partition coefficient (Wildman–Crippen LogP) is 2.46. The van der Waals surface area contributed by atoms with Crippen molar-refractivity contribution in [2.75, 3.05) is 7.11 Å². The van der Waals surface area contributed by atoms with Crippen LogP contribution in [0.4, 0.5) is 0 Å². The molecule has 8 heteroatoms. The van der Waals surface area contributed by atoms with Crippen molar-refractivity contribution < 1.29 is 24.2 Å². The minimum absolute atomic E-state index is 0.0132. The van der Waals surface area contributed by atoms with Gasteiger partial charge in [0.1, 0.15) is 5.69 Å². The van der Waals surface area contributed by atoms with Crippen LogP contribution in [0.25, 0.3) is 0 Å². The molecule has 1 aromatic carbocycles. The molecule has 2 aromatic rings. The zero-order valence-electron chi connectivity index (χ0n) is 15.0. The van der Waals surface area contributed by atoms with Gasteiger partial charge in [-0.25, -0.2) is 14.8 Å². The van der Waals surface area contributed by atoms with Gasteiger partial charge in [-0.15, -0.1) is 0 Å². The van der Waals surface area contributed by atoms with E-state index in [1.54, 1.807) is 19.2 Å². The van der Waals surface area contributed by atoms with Crippen LogP contribution in [0, 0.1) is 0 Å². The standard InChI is InChI=1S/C18H21N3O5/c1-10(2)26-15-6-5-12(7-16(15)25-4)11(3)21-17(22)13-8-20-14(9-19-13)18(23)24/h5-11H,1-4H3,(H,21,22)(H,23,24). The summed E-state index contributed by atoms with van der Waals surface area (Å²) in [5.74, 6) is -0.458. The molecule has 0 aliphatic rings. The van der Waals surface area contributed by atoms with Crippen molar-refractivity contribution >= 4 is 11.9 Å². The van der Waals surface area contributed by atoms with Gasteiger partial charge in [0.15, 0.2) is 17.2 Å². The molecule has 2 N–H and O–H groups in total. The molecule has 0 spiro atoms. The average Bonchev–Trinajstić information content (AvgIpc) is 2.61. The Morgan fingerprint density at radius 1 is 1.08 bits per heavy atom. The van der Waals surface area contributed by atoms with E-state index in [9.17, 15) is 9.59 Å². The second kappa shape index (κ2) is 8.28. The quantitative estimate of drug-likeness (QED) is 0.781. The maximum absolute atomic E-state index is 12.3. The largest absolute Gasteiger partial charge is 0.493 e. The van der Waals surface area contributed by atoms with Gasteiger partial charge in [0.25, 0.3) is 5.91 Å². The van der Waals surface area contributed by atoms with Crippen LogP contribution in [0.1, 0.15) is 53.4 Å². The first kappa shape index (κ1) is 19.2. The molecule has 138 valence electrons. The molecule has 1 heterocycles. The first-order chi connectivity index (χ1) is 12.3. The van der Waals surface area contributed by atoms with Gasteiger partial charge in [-0.1, -0.05) is 6.07 Å². The fourth-order valence-corrected chi connectivity index (χ4v) is 2.21. The van der Waals surface area contributed by atoms with E-state index in [4.69, 9.17) is 14.6 Å². The van der Waals surface area contributed by atoms with Crippen LogP contribution < -0.4 is 14.8 Å². The number of benzene rings is 1. The van der Waals surface area contributed by atoms with E-state index in [1.807, 2.05) is 26.8 Å². The highest BCUT2D eigenvalue weighted by Gasteiger charge is 2.16. The zero-order valence-corrected chi connectivity index (χ0v) is 15.0. The summed E-state index contributed by atoms with van der Waals surface area (Å²) in [6.07, 6.45) is 2.19. The summed E-state index contributed by atoms with van der Waals surface area (Å²) in [6, 6.07) is 5.09. The third-order valence-electron chi connectivity index (χ3n) is 3.50. The summed E-state index contributed by atoms with van der Waals surface area (Å²) in [5, 5.41) is 11.6. The molecule has 0 bridgehead atoms. The van der Waals surface area contributed by atoms with Gasteiger partial charge in [-0.3, -0.25) is 4.79 Å². The number of aromatic nitrogens is 2. The Hall–Kier alpha value is -3.16. The molecule has 1 aromatic heterocycles. The Bertz CT molecular complexity index is 790. The molecule has 0 fully saturated rings. The summed E-state index contributed by atoms with van der Waals surface area (Å²) < 4.78 is 11.0. The van der Waals surface area contributed by atoms with Crippen molar-refractivity contribution in [2.24, 2.45) is 0 Å². The van der Waals surface area contributed by atoms with E-state index >= 15 is 0 Å². The number of hydrogen-bond donors (Lipinski definition) is 2. The first-order valence-corrected chi connectivity index (χ1v) is 8.02. The van der Waals surface area contributed by atoms with Crippen molar-refractivity contribution in [3.63, 3.8) is 0 Å². The summed E-state index contributed by atoms with van der Waals surface area (Å²) in [7, 11) is 1.55. The molecular formula is C18H21N3O5. The van der Waals surface area contributed by atoms with Crippen molar-refractivity contribution in [1.82, 2.24) is 15.3 Å². The van der Waals surface area contributed by atoms with Crippen LogP contribution in [0.2, 0.25) is 0 Å². The molecule has 1 unspecified atom stereocenters. The number of ether oxygens (including phenoxy) is 2. The number of nitrogens with one attached hydrogen (secondary N) is 1. The molecule has 1 atom stereocenters. The molecule has 0 aliphatic carbocycles. The first-order valence-electron chi connectivity index (χ1n) is 8.02. The van der Waals surface area contributed by atoms with Crippen LogP contribution in [0.15, 0.2) is 30.6 Å². The van der Waals surface area contributed by atoms with Crippen LogP contribution in [0.5, 0.6) is 11.5 Å². The van der Waals surface area contributed by atoms with E-state index in [-0.39, 0.29) is 23.5 Å². The highest BCUT2D eigenvalue weighted by molar-refractivity contribution is 5.93. The number of carbonyl (C=O) groups is 2. The maximum atomic E-state index is 12.3. The molecule has 8 nitrogen and oxygen atoms in total. The van der Waals surface area contributed by atoms with Crippen LogP contribution in [-0.2, 0) is 0 Å². The summed E-state index contributed by atoms with van der Waals surface area (Å²) >= 11 is 0. The molecule has 0 aliphatic heterocycles. The smallest absolute Gasteiger partial charge is 0.356 e. The second-order valence-corrected chi connectivity index (χ2v) is 5.86. The number of nitrogens with zero attached hydrogens (tertiary/aromatic N) is 2. The normalized spacial score (nSPS) is 11.7. The van der Waals surface area contributed by atoms with Gasteiger partial charge in [0.2, 0.25) is 0 Å². The molecule has 1 amide bonds. The summed E-state index contributed by atoms with van der Waals surface area (Å²) in [6.45, 7) is 5.66. The van der Waals surface area contributed by atoms with Crippen LogP contribution in [0.3, 0.4) is 0 Å². The number of hydrogen-bond acceptors (Lipinski definition) is 6. The lowest BCUT2D eigenvalue weighted by Gasteiger charge is -2.18. The van der Waals surface area contributed by atoms with Gasteiger partial charge < -0.3 is 19.9 Å². The van der Waals surface area contributed by atoms with Crippen LogP contribution in [-0.4, -0.2) is 40.2 Å². The SMILES string of the molecule is COc1cc(C(C)NC(=O)c2cnc(C(=O)O)cn2)ccc1OC(C)C. The Labute approximate surface area is 151 Å². The van der Waals surface area contributed by atoms with E-state index < -0.39 is 11.9 Å². The van der Waals surface area contributed by atoms with E-state index in [0.29, 0.717) is 11.5 Å². The number of methoxy groups -OCH3 is 1. The zero-order chi connectivity index (χ0) is 19.3. The van der Waals surface area contributed by atoms with Gasteiger partial charge in [0, 0.05) is 0 Å². The van der Waals surface area contributed by atoms with E-state index in [2.05, 4.69) is 15.3 Å². The molecule has 26 heavy (non-hydrogen) atoms. The van der Waals surface area contributed by atoms with Gasteiger partial charge >= 0.3 is 5.97 Å². The maximum Gasteiger partial charge on any atom is 0.356 e. The topological polar surface area (TPSA) is 111 Å². The van der Waals surface area contributed by atoms with Gasteiger partial charge in [0.05, 0.1) is 31.6 Å². The van der Waals surface area contributed by atoms with Gasteiger partial charge in [-0.05, 0) is 38.5 Å². The van der Waals surface area contributed by atoms with E-state index in [1.165, 1.54) is 0 Å². The fraction of sp³-hybridized carbons (Fsp3) is 0.333. The van der Waals surface area contributed by atoms with Crippen molar-refractivity contribution in [3.8, 4) is 11.5 Å². The second-order valence-electron chi connectivity index (χ2n) is 5.86. The van der Waals surface area contributed by atoms with Crippen molar-refractivity contribution in [1.29, 1.82) is 0 Å². The third-order valence-corrected chi connectivity index (χ3v) is 3.50. The molecule has 2 rings (SSSR count). The van der Waals surface area contributed by atoms with Crippen LogP contribution >= 0.6 is 0 Å². The summed E-state index contributed by atoms with van der Waals surface area (Å²) in [5.41, 5.74) is 0.634. The highest BCUT2D eigenvalue weighted by atomic mass is 16.5. The number of carbonyl (C=O) groups excluding carboxylic acids is 1. The molecular weight excluding hydrogens is 338 g/mol. The fourth-order valence-electron chi connectivity index (χ4n) is 2.21. The number of carboxylic acids is 1. The monoisotopic (exact) mass is 359 g/mol. The minimum Gasteiger partial charge on any atom is -0.493 e. The van der Waals surface area contributed by atoms with Gasteiger partial charge in [-0.2, -0.15) is 0 Å². The number of aromatic carboxylic acids is 1. The lowest BCUT2D eigenvalue weighted by molar-refractivity contribution is 0.0689. The Morgan fingerprint density at radius 3 is 2.27 bits per heavy atom. The Morgan fingerprint density at radius 2 is 1.73 bits per heavy atom. The lowest BCUT2D eigenvalue weighted by atomic mass is 10.1. The number of amides is 1. The van der Waals surface area contributed by atoms with E-state index in [0.717, 1.165) is 18.0 Å². The molecule has 0 saturated carbocycles. The summed E-state index contributed by atoms with van der Waals surface area (Å²) in [4.78, 5) is 30.5. The van der Waals surface area contributed by atoms with Crippen molar-refractivity contribution in [3.05, 3.63) is 47.5 Å². The number of carboxylic acid groups (broad SMARTS) is 1. The number of rotatable bonds is 7. The highest BCUT2D eigenvalue weighted by Crippen LogP contribution is 2.31. The lowest BCUT2D eigenvalue weighted by Crippen LogP contribution is -2.27. The molecule has 0 radical (unpaired) electrons. The molecule has 0 saturated heterocycles. The Balaban J connectivity index is 2.12. The van der Waals surface area contributed by atoms with Crippen molar-refractivity contribution in [2.45, 2.75) is 32.9 Å². The minimum atomic E-state index is -1.20.